The summed E-state index contributed by atoms with van der Waals surface area (Å²) >= 11 is 0. The minimum absolute atomic E-state index is 0.0474. The maximum Gasteiger partial charge on any atom is 0.309 e. The van der Waals surface area contributed by atoms with Gasteiger partial charge in [-0.1, -0.05) is 0 Å². The van der Waals surface area contributed by atoms with E-state index < -0.39 is 23.1 Å². The van der Waals surface area contributed by atoms with Crippen molar-refractivity contribution in [3.8, 4) is 11.5 Å². The van der Waals surface area contributed by atoms with Crippen molar-refractivity contribution in [2.24, 2.45) is 35.0 Å². The second kappa shape index (κ2) is 10.5. The number of hydrogen-bond acceptors (Lipinski definition) is 5. The number of nitrogens with one attached hydrogen (secondary N) is 2. The van der Waals surface area contributed by atoms with E-state index in [9.17, 15) is 23.9 Å². The maximum absolute atomic E-state index is 15.0. The minimum Gasteiger partial charge on any atom is -0.496 e. The highest BCUT2D eigenvalue weighted by Crippen LogP contribution is 2.50. The molecule has 0 unspecified atom stereocenters. The third-order valence-corrected chi connectivity index (χ3v) is 10.4. The Morgan fingerprint density at radius 3 is 2.23 bits per heavy atom. The Kier molecular flexibility index (Phi) is 7.20. The van der Waals surface area contributed by atoms with Gasteiger partial charge in [0.2, 0.25) is 5.91 Å². The zero-order valence-electron chi connectivity index (χ0n) is 23.4. The Morgan fingerprint density at radius 2 is 1.62 bits per heavy atom. The molecule has 8 nitrogen and oxygen atoms in total. The molecule has 4 atom stereocenters. The molecule has 9 heteroatoms. The molecule has 0 aromatic heterocycles. The molecule has 6 rings (SSSR count). The summed E-state index contributed by atoms with van der Waals surface area (Å²) in [6, 6.07) is 2.55. The van der Waals surface area contributed by atoms with Crippen LogP contribution in [0.3, 0.4) is 0 Å². The molecule has 1 aromatic carbocycles. The highest BCUT2D eigenvalue weighted by atomic mass is 19.1. The van der Waals surface area contributed by atoms with Crippen LogP contribution >= 0.6 is 0 Å². The summed E-state index contributed by atoms with van der Waals surface area (Å²) in [5.41, 5.74) is -0.634. The zero-order chi connectivity index (χ0) is 28.2. The molecule has 0 heterocycles. The number of ether oxygens (including phenoxy) is 2. The number of methoxy groups -OCH3 is 1. The quantitative estimate of drug-likeness (QED) is 0.385. The first kappa shape index (κ1) is 27.3. The summed E-state index contributed by atoms with van der Waals surface area (Å²) in [6.07, 6.45) is 9.19. The molecule has 0 radical (unpaired) electrons. The summed E-state index contributed by atoms with van der Waals surface area (Å²) < 4.78 is 26.3. The first-order valence-electron chi connectivity index (χ1n) is 15.1. The van der Waals surface area contributed by atoms with Crippen LogP contribution in [0.4, 0.5) is 4.39 Å². The van der Waals surface area contributed by atoms with E-state index in [-0.39, 0.29) is 58.9 Å². The molecule has 5 aliphatic carbocycles. The number of halogens is 1. The lowest BCUT2D eigenvalue weighted by molar-refractivity contribution is -0.150. The van der Waals surface area contributed by atoms with Gasteiger partial charge in [0.1, 0.15) is 5.75 Å². The molecule has 5 saturated carbocycles. The molecule has 40 heavy (non-hydrogen) atoms. The molecule has 3 N–H and O–H groups in total. The molecular formula is C31H41FN2O6. The van der Waals surface area contributed by atoms with E-state index in [0.717, 1.165) is 25.3 Å². The van der Waals surface area contributed by atoms with Crippen LogP contribution in [0.2, 0.25) is 0 Å². The number of carboxylic acids is 1. The van der Waals surface area contributed by atoms with Crippen LogP contribution < -0.4 is 20.1 Å². The van der Waals surface area contributed by atoms with E-state index in [1.807, 2.05) is 0 Å². The van der Waals surface area contributed by atoms with Crippen molar-refractivity contribution in [1.29, 1.82) is 0 Å². The first-order chi connectivity index (χ1) is 19.2. The van der Waals surface area contributed by atoms with Gasteiger partial charge in [-0.15, -0.1) is 0 Å². The smallest absolute Gasteiger partial charge is 0.309 e. The molecular weight excluding hydrogens is 515 g/mol. The number of aliphatic carboxylic acids is 1. The van der Waals surface area contributed by atoms with Gasteiger partial charge in [0.05, 0.1) is 30.1 Å². The van der Waals surface area contributed by atoms with Crippen molar-refractivity contribution < 1.29 is 33.4 Å². The lowest BCUT2D eigenvalue weighted by Crippen LogP contribution is -2.52. The predicted octanol–water partition coefficient (Wildman–Crippen LogP) is 4.70. The average Bonchev–Trinajstić information content (AvgIpc) is 3.87. The van der Waals surface area contributed by atoms with E-state index in [1.54, 1.807) is 6.92 Å². The number of carbonyl (C=O) groups excluding carboxylic acids is 2. The van der Waals surface area contributed by atoms with Gasteiger partial charge in [-0.3, -0.25) is 14.4 Å². The summed E-state index contributed by atoms with van der Waals surface area (Å²) in [7, 11) is 1.39. The van der Waals surface area contributed by atoms with Crippen molar-refractivity contribution in [3.63, 3.8) is 0 Å². The number of carbonyl (C=O) groups is 3. The monoisotopic (exact) mass is 556 g/mol. The largest absolute Gasteiger partial charge is 0.496 e. The number of fused-ring (bicyclic) bond motifs is 2. The Hall–Kier alpha value is -2.84. The second-order valence-electron chi connectivity index (χ2n) is 13.2. The molecule has 2 bridgehead atoms. The predicted molar refractivity (Wildman–Crippen MR) is 145 cm³/mol. The zero-order valence-corrected chi connectivity index (χ0v) is 23.4. The Morgan fingerprint density at radius 1 is 0.975 bits per heavy atom. The highest BCUT2D eigenvalue weighted by molar-refractivity contribution is 5.98. The fourth-order valence-electron chi connectivity index (χ4n) is 7.61. The van der Waals surface area contributed by atoms with Crippen LogP contribution in [0.15, 0.2) is 12.1 Å². The van der Waals surface area contributed by atoms with Gasteiger partial charge in [-0.05, 0) is 107 Å². The van der Waals surface area contributed by atoms with E-state index >= 15 is 0 Å². The normalized spacial score (nSPS) is 33.0. The van der Waals surface area contributed by atoms with Crippen molar-refractivity contribution in [3.05, 3.63) is 23.5 Å². The molecule has 218 valence electrons. The third-order valence-electron chi connectivity index (χ3n) is 10.4. The molecule has 2 amide bonds. The molecule has 0 aliphatic heterocycles. The van der Waals surface area contributed by atoms with Gasteiger partial charge < -0.3 is 25.2 Å². The Balaban J connectivity index is 1.16. The number of carboxylic acid groups (broad SMARTS) is 1. The summed E-state index contributed by atoms with van der Waals surface area (Å²) in [6.45, 7) is 1.73. The van der Waals surface area contributed by atoms with Crippen LogP contribution in [0.25, 0.3) is 0 Å². The van der Waals surface area contributed by atoms with E-state index in [4.69, 9.17) is 9.47 Å². The molecule has 5 fully saturated rings. The van der Waals surface area contributed by atoms with Crippen LogP contribution in [0.1, 0.15) is 87.9 Å². The van der Waals surface area contributed by atoms with E-state index in [0.29, 0.717) is 37.5 Å². The Bertz CT molecular complexity index is 1160. The standard InChI is InChI=1S/C31H41FN2O6/c1-31(30(37)38)11-9-20(10-12-31)40-24-14-21(23(39-2)15-22(24)32)28(35)34-27-19-8-7-18(13-19)25(27)29(36)33-26(16-3-4-16)17-5-6-17/h14-20,25-27H,3-13H2,1-2H3,(H,33,36)(H,34,35)(H,37,38)/t18-,19+,20?,25+,27-,31?/m1/s1. The molecule has 0 spiro atoms. The van der Waals surface area contributed by atoms with E-state index in [1.165, 1.54) is 38.9 Å². The van der Waals surface area contributed by atoms with Crippen LogP contribution in [0, 0.1) is 40.8 Å². The van der Waals surface area contributed by atoms with Gasteiger partial charge in [0.15, 0.2) is 11.6 Å². The SMILES string of the molecule is COc1cc(F)c(OC2CCC(C)(C(=O)O)CC2)cc1C(=O)N[C@@H]1[C@H]2CC[C@H](C2)[C@@H]1C(=O)NC(C1CC1)C1CC1. The van der Waals surface area contributed by atoms with Crippen LogP contribution in [-0.2, 0) is 9.59 Å². The van der Waals surface area contributed by atoms with E-state index in [2.05, 4.69) is 10.6 Å². The first-order valence-corrected chi connectivity index (χ1v) is 15.1. The van der Waals surface area contributed by atoms with Crippen molar-refractivity contribution in [1.82, 2.24) is 10.6 Å². The fraction of sp³-hybridized carbons (Fsp3) is 0.710. The fourth-order valence-corrected chi connectivity index (χ4v) is 7.61. The topological polar surface area (TPSA) is 114 Å². The third kappa shape index (κ3) is 5.28. The van der Waals surface area contributed by atoms with Crippen molar-refractivity contribution >= 4 is 17.8 Å². The van der Waals surface area contributed by atoms with Gasteiger partial charge in [-0.25, -0.2) is 4.39 Å². The number of hydrogen-bond donors (Lipinski definition) is 3. The number of rotatable bonds is 10. The second-order valence-corrected chi connectivity index (χ2v) is 13.2. The summed E-state index contributed by atoms with van der Waals surface area (Å²) in [5.74, 6) is -0.266. The minimum atomic E-state index is -0.830. The molecule has 0 saturated heterocycles. The highest BCUT2D eigenvalue weighted by Gasteiger charge is 2.53. The van der Waals surface area contributed by atoms with Gasteiger partial charge in [-0.2, -0.15) is 0 Å². The summed E-state index contributed by atoms with van der Waals surface area (Å²) in [5, 5.41) is 16.0. The average molecular weight is 557 g/mol. The molecule has 1 aromatic rings. The van der Waals surface area contributed by atoms with Crippen molar-refractivity contribution in [2.75, 3.05) is 7.11 Å². The lowest BCUT2D eigenvalue weighted by atomic mass is 9.75. The van der Waals surface area contributed by atoms with Crippen molar-refractivity contribution in [2.45, 2.75) is 95.7 Å². The maximum atomic E-state index is 15.0. The summed E-state index contributed by atoms with van der Waals surface area (Å²) in [4.78, 5) is 38.8. The number of amides is 2. The Labute approximate surface area is 234 Å². The van der Waals surface area contributed by atoms with Crippen LogP contribution in [-0.4, -0.2) is 48.2 Å². The van der Waals surface area contributed by atoms with Crippen LogP contribution in [0.5, 0.6) is 11.5 Å². The number of benzene rings is 1. The van der Waals surface area contributed by atoms with Gasteiger partial charge in [0.25, 0.3) is 5.91 Å². The van der Waals surface area contributed by atoms with Gasteiger partial charge in [0, 0.05) is 18.2 Å². The lowest BCUT2D eigenvalue weighted by Gasteiger charge is -2.34. The van der Waals surface area contributed by atoms with Gasteiger partial charge >= 0.3 is 5.97 Å². The molecule has 5 aliphatic rings.